The van der Waals surface area contributed by atoms with Crippen molar-refractivity contribution in [2.24, 2.45) is 0 Å². The Bertz CT molecular complexity index is 2560. The lowest BCUT2D eigenvalue weighted by atomic mass is 9.95. The van der Waals surface area contributed by atoms with Crippen LogP contribution in [0.1, 0.15) is 22.3 Å². The normalized spacial score (nSPS) is 12.0. The minimum absolute atomic E-state index is 0.0488. The van der Waals surface area contributed by atoms with Crippen LogP contribution >= 0.6 is 0 Å². The van der Waals surface area contributed by atoms with Crippen LogP contribution < -0.4 is 0 Å². The molecule has 0 aliphatic heterocycles. The van der Waals surface area contributed by atoms with Crippen molar-refractivity contribution in [2.75, 3.05) is 0 Å². The molecule has 0 amide bonds. The van der Waals surface area contributed by atoms with E-state index in [1.165, 1.54) is 12.1 Å². The lowest BCUT2D eigenvalue weighted by molar-refractivity contribution is -0.137. The number of nitrogens with zero attached hydrogens (tertiary/aromatic N) is 3. The number of para-hydroxylation sites is 4. The molecule has 3 nitrogen and oxygen atoms in total. The molecule has 0 spiro atoms. The molecule has 0 saturated carbocycles. The van der Waals surface area contributed by atoms with Gasteiger partial charge >= 0.3 is 6.18 Å². The highest BCUT2D eigenvalue weighted by Gasteiger charge is 2.34. The van der Waals surface area contributed by atoms with Gasteiger partial charge in [-0.05, 0) is 60.9 Å². The fourth-order valence-corrected chi connectivity index (χ4v) is 7.10. The molecule has 6 heteroatoms. The molecule has 222 valence electrons. The largest absolute Gasteiger partial charge is 0.417 e. The predicted molar refractivity (Wildman–Crippen MR) is 180 cm³/mol. The van der Waals surface area contributed by atoms with Gasteiger partial charge in [-0.2, -0.15) is 18.4 Å². The first kappa shape index (κ1) is 27.7. The van der Waals surface area contributed by atoms with Crippen molar-refractivity contribution in [2.45, 2.75) is 20.0 Å². The van der Waals surface area contributed by atoms with E-state index in [0.717, 1.165) is 60.8 Å². The van der Waals surface area contributed by atoms with Crippen LogP contribution in [-0.4, -0.2) is 9.13 Å². The van der Waals surface area contributed by atoms with Gasteiger partial charge in [0.1, 0.15) is 6.07 Å². The lowest BCUT2D eigenvalue weighted by Gasteiger charge is -2.21. The van der Waals surface area contributed by atoms with Crippen LogP contribution in [-0.2, 0) is 6.18 Å². The van der Waals surface area contributed by atoms with Crippen LogP contribution in [0, 0.1) is 25.2 Å². The number of fused-ring (bicyclic) bond motifs is 6. The molecule has 2 heterocycles. The quantitative estimate of drug-likeness (QED) is 0.197. The van der Waals surface area contributed by atoms with Crippen molar-refractivity contribution < 1.29 is 13.2 Å². The summed E-state index contributed by atoms with van der Waals surface area (Å²) in [6.07, 6.45) is -4.60. The molecule has 46 heavy (non-hydrogen) atoms. The molecule has 8 aromatic rings. The number of benzene rings is 6. The Morgan fingerprint density at radius 2 is 1.04 bits per heavy atom. The third kappa shape index (κ3) is 3.98. The van der Waals surface area contributed by atoms with Crippen molar-refractivity contribution in [3.8, 4) is 28.6 Å². The number of hydrogen-bond acceptors (Lipinski definition) is 1. The Morgan fingerprint density at radius 3 is 1.61 bits per heavy atom. The van der Waals surface area contributed by atoms with Gasteiger partial charge < -0.3 is 9.13 Å². The first-order valence-corrected chi connectivity index (χ1v) is 15.0. The molecule has 0 saturated heterocycles. The molecule has 0 bridgehead atoms. The molecule has 8 rings (SSSR count). The van der Waals surface area contributed by atoms with Gasteiger partial charge in [0.2, 0.25) is 0 Å². The first-order valence-electron chi connectivity index (χ1n) is 15.0. The van der Waals surface area contributed by atoms with Crippen molar-refractivity contribution in [3.05, 3.63) is 144 Å². The maximum atomic E-state index is 14.7. The van der Waals surface area contributed by atoms with Crippen LogP contribution in [0.4, 0.5) is 13.2 Å². The van der Waals surface area contributed by atoms with Gasteiger partial charge in [-0.15, -0.1) is 0 Å². The Balaban J connectivity index is 1.59. The van der Waals surface area contributed by atoms with E-state index in [0.29, 0.717) is 22.5 Å². The Labute approximate surface area is 263 Å². The number of aryl methyl sites for hydroxylation is 2. The van der Waals surface area contributed by atoms with E-state index >= 15 is 0 Å². The minimum Gasteiger partial charge on any atom is -0.308 e. The zero-order valence-electron chi connectivity index (χ0n) is 25.0. The highest BCUT2D eigenvalue weighted by atomic mass is 19.4. The number of aromatic nitrogens is 2. The monoisotopic (exact) mass is 605 g/mol. The van der Waals surface area contributed by atoms with Crippen LogP contribution in [0.3, 0.4) is 0 Å². The molecule has 0 unspecified atom stereocenters. The number of alkyl halides is 3. The van der Waals surface area contributed by atoms with E-state index in [1.54, 1.807) is 18.2 Å². The van der Waals surface area contributed by atoms with Crippen LogP contribution in [0.2, 0.25) is 0 Å². The Morgan fingerprint density at radius 1 is 0.543 bits per heavy atom. The van der Waals surface area contributed by atoms with Crippen molar-refractivity contribution >= 4 is 43.6 Å². The average Bonchev–Trinajstić information content (AvgIpc) is 3.59. The lowest BCUT2D eigenvalue weighted by Crippen LogP contribution is -2.09. The fourth-order valence-electron chi connectivity index (χ4n) is 7.10. The maximum absolute atomic E-state index is 14.7. The second-order valence-electron chi connectivity index (χ2n) is 11.7. The van der Waals surface area contributed by atoms with Crippen LogP contribution in [0.5, 0.6) is 0 Å². The van der Waals surface area contributed by atoms with Gasteiger partial charge in [-0.25, -0.2) is 0 Å². The van der Waals surface area contributed by atoms with Crippen LogP contribution in [0.25, 0.3) is 66.1 Å². The summed E-state index contributed by atoms with van der Waals surface area (Å²) >= 11 is 0. The smallest absolute Gasteiger partial charge is 0.308 e. The molecule has 0 fully saturated rings. The maximum Gasteiger partial charge on any atom is 0.417 e. The highest BCUT2D eigenvalue weighted by molar-refractivity contribution is 6.12. The summed E-state index contributed by atoms with van der Waals surface area (Å²) in [5.41, 5.74) is 6.58. The minimum atomic E-state index is -4.60. The van der Waals surface area contributed by atoms with E-state index in [4.69, 9.17) is 0 Å². The second kappa shape index (κ2) is 10.1. The summed E-state index contributed by atoms with van der Waals surface area (Å²) in [5.74, 6) is 0. The van der Waals surface area contributed by atoms with Crippen LogP contribution in [0.15, 0.2) is 121 Å². The molecule has 0 atom stereocenters. The summed E-state index contributed by atoms with van der Waals surface area (Å²) < 4.78 is 48.2. The first-order chi connectivity index (χ1) is 22.3. The molecular formula is C40H26F3N3. The summed E-state index contributed by atoms with van der Waals surface area (Å²) in [6, 6.07) is 39.5. The SMILES string of the molecule is Cc1cccc2c3ccccc3n(-c3cc(-c4ccccc4C(F)(F)F)c(-n4c5ccccc5c5cccc(C)c54)cc3C#N)c12. The molecular weight excluding hydrogens is 579 g/mol. The Kier molecular flexibility index (Phi) is 6.10. The number of halogens is 3. The van der Waals surface area contributed by atoms with Gasteiger partial charge in [0.15, 0.2) is 0 Å². The van der Waals surface area contributed by atoms with Gasteiger partial charge in [-0.1, -0.05) is 91.0 Å². The molecule has 0 aliphatic rings. The Hall–Kier alpha value is -5.80. The summed E-state index contributed by atoms with van der Waals surface area (Å²) in [4.78, 5) is 0. The van der Waals surface area contributed by atoms with E-state index in [1.807, 2.05) is 108 Å². The zero-order chi connectivity index (χ0) is 31.7. The van der Waals surface area contributed by atoms with Gasteiger partial charge in [0, 0.05) is 27.1 Å². The van der Waals surface area contributed by atoms with Crippen molar-refractivity contribution in [1.29, 1.82) is 5.26 Å². The van der Waals surface area contributed by atoms with Gasteiger partial charge in [-0.3, -0.25) is 0 Å². The van der Waals surface area contributed by atoms with Gasteiger partial charge in [0.05, 0.1) is 44.6 Å². The van der Waals surface area contributed by atoms with E-state index in [9.17, 15) is 18.4 Å². The molecule has 0 aliphatic carbocycles. The predicted octanol–water partition coefficient (Wildman–Crippen LogP) is 11.1. The molecule has 6 aromatic carbocycles. The number of nitriles is 1. The zero-order valence-corrected chi connectivity index (χ0v) is 25.0. The number of rotatable bonds is 3. The van der Waals surface area contributed by atoms with E-state index in [2.05, 4.69) is 6.07 Å². The van der Waals surface area contributed by atoms with Crippen molar-refractivity contribution in [3.63, 3.8) is 0 Å². The van der Waals surface area contributed by atoms with Gasteiger partial charge in [0.25, 0.3) is 0 Å². The average molecular weight is 606 g/mol. The summed E-state index contributed by atoms with van der Waals surface area (Å²) in [7, 11) is 0. The van der Waals surface area contributed by atoms with E-state index in [-0.39, 0.29) is 5.56 Å². The van der Waals surface area contributed by atoms with E-state index < -0.39 is 11.7 Å². The number of hydrogen-bond donors (Lipinski definition) is 0. The molecule has 0 N–H and O–H groups in total. The summed E-state index contributed by atoms with van der Waals surface area (Å²) in [5, 5.41) is 14.7. The van der Waals surface area contributed by atoms with Crippen molar-refractivity contribution in [1.82, 2.24) is 9.13 Å². The molecule has 0 radical (unpaired) electrons. The second-order valence-corrected chi connectivity index (χ2v) is 11.7. The fraction of sp³-hybridized carbons (Fsp3) is 0.0750. The summed E-state index contributed by atoms with van der Waals surface area (Å²) in [6.45, 7) is 4.01. The molecule has 2 aromatic heterocycles. The third-order valence-electron chi connectivity index (χ3n) is 9.03. The highest BCUT2D eigenvalue weighted by Crippen LogP contribution is 2.44. The standard InChI is InChI=1S/C40H26F3N3/c1-24-11-9-16-30-28-14-4-7-19-34(28)45(38(24)30)36-22-32(27-13-3-6-18-33(27)40(41,42)43)37(21-26(36)23-44)46-35-20-8-5-15-29(35)31-17-10-12-25(2)39(31)46/h3-22H,1-2H3. The topological polar surface area (TPSA) is 33.6 Å². The third-order valence-corrected chi connectivity index (χ3v) is 9.03.